The standard InChI is InChI=1S/C29H25F4N5O5/c1-27(26(34)40)15-43-24-21(27)11-22(37-23(24)16-3-5-18(30)6-4-16)28(41,29(31,32)33)14-35-25(39)17-12-36-38(13-17)19-7-9-20(42-2)10-8-19/h3-13,41H,14-15H2,1-2H3,(H2,34,40)(H,35,39)/t27-,28-/m0/s1. The van der Waals surface area contributed by atoms with Crippen molar-refractivity contribution >= 4 is 11.8 Å². The number of carbonyl (C=O) groups is 2. The molecular weight excluding hydrogens is 574 g/mol. The molecule has 0 spiro atoms. The number of nitrogens with one attached hydrogen (secondary N) is 1. The SMILES string of the molecule is COc1ccc(-n2cc(C(=O)NC[C@](O)(c3cc4c(c(-c5ccc(F)cc5)n3)OC[C@]4(C)C(N)=O)C(F)(F)F)cn2)cc1. The maximum Gasteiger partial charge on any atom is 0.424 e. The van der Waals surface area contributed by atoms with Gasteiger partial charge in [0.15, 0.2) is 0 Å². The van der Waals surface area contributed by atoms with Crippen LogP contribution in [0.2, 0.25) is 0 Å². The highest BCUT2D eigenvalue weighted by Crippen LogP contribution is 2.47. The van der Waals surface area contributed by atoms with E-state index in [1.807, 2.05) is 0 Å². The van der Waals surface area contributed by atoms with Crippen molar-refractivity contribution in [3.63, 3.8) is 0 Å². The predicted octanol–water partition coefficient (Wildman–Crippen LogP) is 3.40. The number of methoxy groups -OCH3 is 1. The van der Waals surface area contributed by atoms with E-state index in [-0.39, 0.29) is 34.7 Å². The van der Waals surface area contributed by atoms with Crippen molar-refractivity contribution in [3.05, 3.63) is 89.6 Å². The minimum absolute atomic E-state index is 0.0313. The van der Waals surface area contributed by atoms with Crippen LogP contribution in [0.5, 0.6) is 11.5 Å². The highest BCUT2D eigenvalue weighted by atomic mass is 19.4. The van der Waals surface area contributed by atoms with Crippen LogP contribution >= 0.6 is 0 Å². The second kappa shape index (κ2) is 10.7. The number of fused-ring (bicyclic) bond motifs is 1. The van der Waals surface area contributed by atoms with Gasteiger partial charge in [-0.3, -0.25) is 9.59 Å². The van der Waals surface area contributed by atoms with Crippen LogP contribution in [0.4, 0.5) is 17.6 Å². The van der Waals surface area contributed by atoms with Crippen molar-refractivity contribution in [2.24, 2.45) is 5.73 Å². The lowest BCUT2D eigenvalue weighted by molar-refractivity contribution is -0.265. The van der Waals surface area contributed by atoms with Crippen molar-refractivity contribution < 1.29 is 41.7 Å². The number of hydrogen-bond acceptors (Lipinski definition) is 7. The molecule has 0 saturated heterocycles. The molecule has 1 aliphatic rings. The third-order valence-electron chi connectivity index (χ3n) is 7.31. The Labute approximate surface area is 242 Å². The molecule has 3 heterocycles. The number of benzene rings is 2. The molecule has 5 rings (SSSR count). The van der Waals surface area contributed by atoms with Crippen molar-refractivity contribution in [3.8, 4) is 28.4 Å². The van der Waals surface area contributed by atoms with Crippen molar-refractivity contribution in [1.82, 2.24) is 20.1 Å². The Morgan fingerprint density at radius 3 is 2.44 bits per heavy atom. The van der Waals surface area contributed by atoms with Gasteiger partial charge in [-0.05, 0) is 61.5 Å². The van der Waals surface area contributed by atoms with Gasteiger partial charge < -0.3 is 25.6 Å². The largest absolute Gasteiger partial charge is 0.497 e. The Bertz CT molecular complexity index is 1690. The number of aliphatic hydroxyl groups is 1. The molecule has 0 aliphatic carbocycles. The molecule has 10 nitrogen and oxygen atoms in total. The van der Waals surface area contributed by atoms with Gasteiger partial charge >= 0.3 is 6.18 Å². The van der Waals surface area contributed by atoms with Gasteiger partial charge in [0.2, 0.25) is 11.5 Å². The minimum Gasteiger partial charge on any atom is -0.497 e. The Morgan fingerprint density at radius 2 is 1.84 bits per heavy atom. The molecule has 2 atom stereocenters. The lowest BCUT2D eigenvalue weighted by atomic mass is 9.81. The average molecular weight is 600 g/mol. The molecular formula is C29H25F4N5O5. The van der Waals surface area contributed by atoms with E-state index in [1.165, 1.54) is 37.0 Å². The number of halogens is 4. The van der Waals surface area contributed by atoms with E-state index in [1.54, 1.807) is 24.3 Å². The van der Waals surface area contributed by atoms with Crippen molar-refractivity contribution in [2.75, 3.05) is 20.3 Å². The number of nitrogens with zero attached hydrogens (tertiary/aromatic N) is 3. The zero-order valence-corrected chi connectivity index (χ0v) is 22.8. The van der Waals surface area contributed by atoms with Crippen molar-refractivity contribution in [2.45, 2.75) is 24.1 Å². The number of ether oxygens (including phenoxy) is 2. The van der Waals surface area contributed by atoms with E-state index < -0.39 is 47.1 Å². The Morgan fingerprint density at radius 1 is 1.16 bits per heavy atom. The number of rotatable bonds is 8. The smallest absolute Gasteiger partial charge is 0.424 e. The number of amides is 2. The van der Waals surface area contributed by atoms with Gasteiger partial charge in [0.1, 0.15) is 35.0 Å². The summed E-state index contributed by atoms with van der Waals surface area (Å²) in [4.78, 5) is 29.3. The number of alkyl halides is 3. The van der Waals surface area contributed by atoms with E-state index in [4.69, 9.17) is 15.2 Å². The molecule has 2 aromatic carbocycles. The average Bonchev–Trinajstić information content (AvgIpc) is 3.61. The number of pyridine rings is 1. The third kappa shape index (κ3) is 5.25. The number of hydrogen-bond donors (Lipinski definition) is 3. The summed E-state index contributed by atoms with van der Waals surface area (Å²) in [5, 5.41) is 17.3. The first kappa shape index (κ1) is 29.5. The first-order chi connectivity index (χ1) is 20.3. The zero-order valence-electron chi connectivity index (χ0n) is 22.8. The summed E-state index contributed by atoms with van der Waals surface area (Å²) in [5.74, 6) is -1.88. The molecule has 0 saturated carbocycles. The minimum atomic E-state index is -5.35. The number of aromatic nitrogens is 3. The van der Waals surface area contributed by atoms with Gasteiger partial charge in [0, 0.05) is 17.3 Å². The number of primary amides is 1. The monoisotopic (exact) mass is 599 g/mol. The normalized spacial score (nSPS) is 17.5. The lowest BCUT2D eigenvalue weighted by Crippen LogP contribution is -2.51. The summed E-state index contributed by atoms with van der Waals surface area (Å²) in [7, 11) is 1.50. The Hall–Kier alpha value is -4.98. The molecule has 43 heavy (non-hydrogen) atoms. The van der Waals surface area contributed by atoms with Crippen LogP contribution in [0.25, 0.3) is 16.9 Å². The molecule has 2 aromatic heterocycles. The Kier molecular flexibility index (Phi) is 7.34. The zero-order chi connectivity index (χ0) is 31.2. The van der Waals surface area contributed by atoms with Crippen LogP contribution in [-0.2, 0) is 15.8 Å². The van der Waals surface area contributed by atoms with Gasteiger partial charge in [0.25, 0.3) is 5.91 Å². The lowest BCUT2D eigenvalue weighted by Gasteiger charge is -2.31. The topological polar surface area (TPSA) is 142 Å². The molecule has 0 radical (unpaired) electrons. The molecule has 4 aromatic rings. The number of nitrogens with two attached hydrogens (primary N) is 1. The van der Waals surface area contributed by atoms with Crippen LogP contribution in [0.1, 0.15) is 28.5 Å². The molecule has 0 unspecified atom stereocenters. The molecule has 1 aliphatic heterocycles. The van der Waals surface area contributed by atoms with E-state index in [2.05, 4.69) is 15.4 Å². The van der Waals surface area contributed by atoms with Crippen molar-refractivity contribution in [1.29, 1.82) is 0 Å². The molecule has 0 fully saturated rings. The van der Waals surface area contributed by atoms with E-state index >= 15 is 0 Å². The summed E-state index contributed by atoms with van der Waals surface area (Å²) < 4.78 is 69.4. The second-order valence-electron chi connectivity index (χ2n) is 10.1. The number of carbonyl (C=O) groups excluding carboxylic acids is 2. The summed E-state index contributed by atoms with van der Waals surface area (Å²) >= 11 is 0. The van der Waals surface area contributed by atoms with E-state index in [0.717, 1.165) is 24.4 Å². The highest BCUT2D eigenvalue weighted by molar-refractivity contribution is 5.94. The first-order valence-electron chi connectivity index (χ1n) is 12.8. The third-order valence-corrected chi connectivity index (χ3v) is 7.31. The molecule has 224 valence electrons. The molecule has 4 N–H and O–H groups in total. The fraction of sp³-hybridized carbons (Fsp3) is 0.241. The summed E-state index contributed by atoms with van der Waals surface area (Å²) in [6.07, 6.45) is -2.89. The predicted molar refractivity (Wildman–Crippen MR) is 144 cm³/mol. The summed E-state index contributed by atoms with van der Waals surface area (Å²) in [6.45, 7) is -0.253. The van der Waals surface area contributed by atoms with Crippen LogP contribution < -0.4 is 20.5 Å². The van der Waals surface area contributed by atoms with Gasteiger partial charge in [-0.15, -0.1) is 0 Å². The highest BCUT2D eigenvalue weighted by Gasteiger charge is 2.57. The van der Waals surface area contributed by atoms with Crippen LogP contribution in [0.15, 0.2) is 67.0 Å². The fourth-order valence-electron chi connectivity index (χ4n) is 4.57. The fourth-order valence-corrected chi connectivity index (χ4v) is 4.57. The first-order valence-corrected chi connectivity index (χ1v) is 12.8. The maximum absolute atomic E-state index is 14.6. The van der Waals surface area contributed by atoms with Gasteiger partial charge in [-0.1, -0.05) is 0 Å². The summed E-state index contributed by atoms with van der Waals surface area (Å²) in [6, 6.07) is 12.2. The molecule has 0 bridgehead atoms. The van der Waals surface area contributed by atoms with Crippen LogP contribution in [-0.4, -0.2) is 58.1 Å². The van der Waals surface area contributed by atoms with Gasteiger partial charge in [-0.25, -0.2) is 14.1 Å². The quantitative estimate of drug-likeness (QED) is 0.264. The molecule has 14 heteroatoms. The van der Waals surface area contributed by atoms with Gasteiger partial charge in [-0.2, -0.15) is 18.3 Å². The second-order valence-corrected chi connectivity index (χ2v) is 10.1. The van der Waals surface area contributed by atoms with E-state index in [0.29, 0.717) is 11.4 Å². The van der Waals surface area contributed by atoms with Gasteiger partial charge in [0.05, 0.1) is 36.8 Å². The summed E-state index contributed by atoms with van der Waals surface area (Å²) in [5.41, 5.74) is -0.212. The Balaban J connectivity index is 1.51. The van der Waals surface area contributed by atoms with Crippen LogP contribution in [0.3, 0.4) is 0 Å². The van der Waals surface area contributed by atoms with Crippen LogP contribution in [0, 0.1) is 5.82 Å². The maximum atomic E-state index is 14.6. The molecule has 2 amide bonds. The van der Waals surface area contributed by atoms with E-state index in [9.17, 15) is 32.3 Å².